The molecule has 1 saturated carbocycles. The molecule has 0 saturated heterocycles. The largest absolute Gasteiger partial charge is 0.313 e. The number of benzene rings is 1. The third-order valence-electron chi connectivity index (χ3n) is 4.52. The first-order valence-electron chi connectivity index (χ1n) is 8.83. The number of hydrogen-bond acceptors (Lipinski definition) is 3. The SMILES string of the molecule is CNC(CC(C)C)c1ccc(CNSC2CCCCC2)cc1. The van der Waals surface area contributed by atoms with Crippen LogP contribution in [-0.2, 0) is 6.54 Å². The Morgan fingerprint density at radius 3 is 2.36 bits per heavy atom. The highest BCUT2D eigenvalue weighted by atomic mass is 32.2. The maximum atomic E-state index is 3.57. The van der Waals surface area contributed by atoms with Crippen molar-refractivity contribution in [3.05, 3.63) is 35.4 Å². The summed E-state index contributed by atoms with van der Waals surface area (Å²) < 4.78 is 3.57. The van der Waals surface area contributed by atoms with Gasteiger partial charge in [-0.2, -0.15) is 0 Å². The Hall–Kier alpha value is -0.510. The molecule has 0 aromatic heterocycles. The van der Waals surface area contributed by atoms with Crippen LogP contribution in [0.5, 0.6) is 0 Å². The second-order valence-electron chi connectivity index (χ2n) is 6.91. The quantitative estimate of drug-likeness (QED) is 0.654. The summed E-state index contributed by atoms with van der Waals surface area (Å²) in [6.45, 7) is 5.53. The zero-order chi connectivity index (χ0) is 15.8. The Balaban J connectivity index is 1.78. The second kappa shape index (κ2) is 9.59. The molecule has 1 aromatic carbocycles. The van der Waals surface area contributed by atoms with E-state index in [0.29, 0.717) is 12.0 Å². The van der Waals surface area contributed by atoms with E-state index in [1.807, 2.05) is 11.9 Å². The lowest BCUT2D eigenvalue weighted by atomic mass is 9.96. The minimum Gasteiger partial charge on any atom is -0.313 e. The van der Waals surface area contributed by atoms with Crippen LogP contribution in [0, 0.1) is 5.92 Å². The molecule has 0 radical (unpaired) electrons. The molecule has 1 aromatic rings. The van der Waals surface area contributed by atoms with Gasteiger partial charge in [0.1, 0.15) is 0 Å². The first kappa shape index (κ1) is 17.8. The molecule has 2 N–H and O–H groups in total. The minimum atomic E-state index is 0.471. The number of hydrogen-bond donors (Lipinski definition) is 2. The molecule has 1 aliphatic rings. The Labute approximate surface area is 141 Å². The molecule has 0 aliphatic heterocycles. The van der Waals surface area contributed by atoms with E-state index in [1.165, 1.54) is 49.7 Å². The molecule has 1 atom stereocenters. The van der Waals surface area contributed by atoms with Gasteiger partial charge in [0.2, 0.25) is 0 Å². The van der Waals surface area contributed by atoms with E-state index in [9.17, 15) is 0 Å². The summed E-state index contributed by atoms with van der Waals surface area (Å²) >= 11 is 1.95. The van der Waals surface area contributed by atoms with E-state index in [1.54, 1.807) is 0 Å². The van der Waals surface area contributed by atoms with Gasteiger partial charge >= 0.3 is 0 Å². The molecule has 1 fully saturated rings. The molecule has 2 rings (SSSR count). The van der Waals surface area contributed by atoms with Crippen molar-refractivity contribution in [3.8, 4) is 0 Å². The van der Waals surface area contributed by atoms with Gasteiger partial charge in [-0.05, 0) is 43.4 Å². The zero-order valence-corrected chi connectivity index (χ0v) is 15.2. The maximum absolute atomic E-state index is 3.57. The Morgan fingerprint density at radius 2 is 1.77 bits per heavy atom. The number of rotatable bonds is 8. The lowest BCUT2D eigenvalue weighted by molar-refractivity contribution is 0.456. The van der Waals surface area contributed by atoms with E-state index in [2.05, 4.69) is 55.2 Å². The van der Waals surface area contributed by atoms with Crippen molar-refractivity contribution in [2.45, 2.75) is 70.2 Å². The Morgan fingerprint density at radius 1 is 1.09 bits per heavy atom. The van der Waals surface area contributed by atoms with E-state index in [-0.39, 0.29) is 0 Å². The molecule has 0 heterocycles. The van der Waals surface area contributed by atoms with Crippen molar-refractivity contribution < 1.29 is 0 Å². The van der Waals surface area contributed by atoms with Gasteiger partial charge in [0, 0.05) is 17.8 Å². The van der Waals surface area contributed by atoms with Gasteiger partial charge in [-0.3, -0.25) is 4.72 Å². The van der Waals surface area contributed by atoms with Crippen molar-refractivity contribution in [3.63, 3.8) is 0 Å². The second-order valence-corrected chi connectivity index (χ2v) is 8.10. The summed E-state index contributed by atoms with van der Waals surface area (Å²) in [7, 11) is 2.06. The van der Waals surface area contributed by atoms with E-state index in [4.69, 9.17) is 0 Å². The van der Waals surface area contributed by atoms with Gasteiger partial charge in [-0.25, -0.2) is 0 Å². The monoisotopic (exact) mass is 320 g/mol. The molecule has 1 unspecified atom stereocenters. The van der Waals surface area contributed by atoms with Gasteiger partial charge in [-0.15, -0.1) is 0 Å². The van der Waals surface area contributed by atoms with Crippen LogP contribution < -0.4 is 10.0 Å². The van der Waals surface area contributed by atoms with Gasteiger partial charge in [-0.1, -0.05) is 69.3 Å². The van der Waals surface area contributed by atoms with Gasteiger partial charge < -0.3 is 5.32 Å². The topological polar surface area (TPSA) is 24.1 Å². The first-order chi connectivity index (χ1) is 10.7. The lowest BCUT2D eigenvalue weighted by Gasteiger charge is -2.21. The van der Waals surface area contributed by atoms with Crippen molar-refractivity contribution in [1.82, 2.24) is 10.0 Å². The van der Waals surface area contributed by atoms with Crippen LogP contribution in [0.25, 0.3) is 0 Å². The fourth-order valence-electron chi connectivity index (χ4n) is 3.19. The van der Waals surface area contributed by atoms with Gasteiger partial charge in [0.25, 0.3) is 0 Å². The summed E-state index contributed by atoms with van der Waals surface area (Å²) in [5.41, 5.74) is 2.78. The summed E-state index contributed by atoms with van der Waals surface area (Å²) in [6, 6.07) is 9.58. The Kier molecular flexibility index (Phi) is 7.77. The summed E-state index contributed by atoms with van der Waals surface area (Å²) in [5.74, 6) is 0.714. The van der Waals surface area contributed by atoms with Gasteiger partial charge in [0.15, 0.2) is 0 Å². The molecule has 124 valence electrons. The molecular formula is C19H32N2S. The number of nitrogens with one attached hydrogen (secondary N) is 2. The average molecular weight is 321 g/mol. The van der Waals surface area contributed by atoms with Crippen molar-refractivity contribution >= 4 is 11.9 Å². The predicted molar refractivity (Wildman–Crippen MR) is 99.0 cm³/mol. The van der Waals surface area contributed by atoms with Gasteiger partial charge in [0.05, 0.1) is 0 Å². The van der Waals surface area contributed by atoms with Crippen molar-refractivity contribution in [1.29, 1.82) is 0 Å². The average Bonchev–Trinajstić information content (AvgIpc) is 2.54. The molecule has 0 amide bonds. The predicted octanol–water partition coefficient (Wildman–Crippen LogP) is 5.06. The highest BCUT2D eigenvalue weighted by Gasteiger charge is 2.14. The fraction of sp³-hybridized carbons (Fsp3) is 0.684. The molecule has 2 nitrogen and oxygen atoms in total. The smallest absolute Gasteiger partial charge is 0.0319 e. The minimum absolute atomic E-state index is 0.471. The van der Waals surface area contributed by atoms with E-state index < -0.39 is 0 Å². The standard InChI is InChI=1S/C19H32N2S/c1-15(2)13-19(20-3)17-11-9-16(10-12-17)14-21-22-18-7-5-4-6-8-18/h9-12,15,18-21H,4-8,13-14H2,1-3H3. The zero-order valence-electron chi connectivity index (χ0n) is 14.4. The summed E-state index contributed by atoms with van der Waals surface area (Å²) in [6.07, 6.45) is 8.21. The van der Waals surface area contributed by atoms with Crippen LogP contribution in [0.3, 0.4) is 0 Å². The maximum Gasteiger partial charge on any atom is 0.0319 e. The molecule has 0 bridgehead atoms. The van der Waals surface area contributed by atoms with Crippen LogP contribution in [0.15, 0.2) is 24.3 Å². The first-order valence-corrected chi connectivity index (χ1v) is 9.71. The summed E-state index contributed by atoms with van der Waals surface area (Å²) in [5, 5.41) is 4.26. The van der Waals surface area contributed by atoms with Crippen molar-refractivity contribution in [2.75, 3.05) is 7.05 Å². The van der Waals surface area contributed by atoms with Crippen LogP contribution >= 0.6 is 11.9 Å². The Bertz CT molecular complexity index is 410. The van der Waals surface area contributed by atoms with E-state index >= 15 is 0 Å². The van der Waals surface area contributed by atoms with Crippen LogP contribution in [-0.4, -0.2) is 12.3 Å². The normalized spacial score (nSPS) is 17.8. The third kappa shape index (κ3) is 5.94. The highest BCUT2D eigenvalue weighted by Crippen LogP contribution is 2.26. The third-order valence-corrected chi connectivity index (χ3v) is 5.63. The van der Waals surface area contributed by atoms with E-state index in [0.717, 1.165) is 11.8 Å². The van der Waals surface area contributed by atoms with Crippen LogP contribution in [0.2, 0.25) is 0 Å². The molecule has 22 heavy (non-hydrogen) atoms. The molecule has 0 spiro atoms. The lowest BCUT2D eigenvalue weighted by Crippen LogP contribution is -2.18. The van der Waals surface area contributed by atoms with Crippen LogP contribution in [0.1, 0.15) is 69.5 Å². The van der Waals surface area contributed by atoms with Crippen LogP contribution in [0.4, 0.5) is 0 Å². The summed E-state index contributed by atoms with van der Waals surface area (Å²) in [4.78, 5) is 0. The highest BCUT2D eigenvalue weighted by molar-refractivity contribution is 7.98. The molecule has 3 heteroatoms. The molecular weight excluding hydrogens is 288 g/mol. The fourth-order valence-corrected chi connectivity index (χ4v) is 4.24. The van der Waals surface area contributed by atoms with Crippen molar-refractivity contribution in [2.24, 2.45) is 5.92 Å². The molecule has 1 aliphatic carbocycles.